The van der Waals surface area contributed by atoms with Gasteiger partial charge in [-0.2, -0.15) is 0 Å². The van der Waals surface area contributed by atoms with Crippen molar-refractivity contribution in [1.29, 1.82) is 0 Å². The standard InChI is InChI=1S/C16H21NO2/c1-4-16(2,3)10-7-11-17-14(18)12-8-5-6-9-13(12)15(17)19/h5-6,8-9H,4,7,10-11H2,1-3H3. The lowest BCUT2D eigenvalue weighted by Crippen LogP contribution is -2.31. The van der Waals surface area contributed by atoms with Crippen molar-refractivity contribution in [2.45, 2.75) is 40.0 Å². The van der Waals surface area contributed by atoms with Gasteiger partial charge in [0.25, 0.3) is 11.8 Å². The second kappa shape index (κ2) is 5.16. The van der Waals surface area contributed by atoms with Crippen molar-refractivity contribution in [1.82, 2.24) is 4.90 Å². The first kappa shape index (κ1) is 13.8. The molecule has 3 heteroatoms. The minimum atomic E-state index is -0.144. The minimum Gasteiger partial charge on any atom is -0.274 e. The Morgan fingerprint density at radius 1 is 1.05 bits per heavy atom. The highest BCUT2D eigenvalue weighted by Gasteiger charge is 2.34. The van der Waals surface area contributed by atoms with Crippen LogP contribution in [-0.2, 0) is 0 Å². The fraction of sp³-hybridized carbons (Fsp3) is 0.500. The molecule has 0 spiro atoms. The lowest BCUT2D eigenvalue weighted by atomic mass is 9.85. The Morgan fingerprint density at radius 2 is 1.58 bits per heavy atom. The number of imide groups is 1. The third-order valence-electron chi connectivity index (χ3n) is 4.07. The molecule has 0 unspecified atom stereocenters. The van der Waals surface area contributed by atoms with E-state index in [1.165, 1.54) is 4.90 Å². The summed E-state index contributed by atoms with van der Waals surface area (Å²) in [4.78, 5) is 25.7. The van der Waals surface area contributed by atoms with Gasteiger partial charge in [0.2, 0.25) is 0 Å². The Balaban J connectivity index is 2.01. The quantitative estimate of drug-likeness (QED) is 0.759. The Kier molecular flexibility index (Phi) is 3.74. The van der Waals surface area contributed by atoms with Gasteiger partial charge in [0.1, 0.15) is 0 Å². The van der Waals surface area contributed by atoms with Gasteiger partial charge in [0.05, 0.1) is 11.1 Å². The zero-order valence-electron chi connectivity index (χ0n) is 11.9. The second-order valence-corrected chi connectivity index (χ2v) is 5.93. The van der Waals surface area contributed by atoms with Crippen molar-refractivity contribution in [2.75, 3.05) is 6.54 Å². The van der Waals surface area contributed by atoms with E-state index in [4.69, 9.17) is 0 Å². The van der Waals surface area contributed by atoms with Crippen molar-refractivity contribution >= 4 is 11.8 Å². The molecule has 0 saturated heterocycles. The molecule has 3 nitrogen and oxygen atoms in total. The molecule has 1 aliphatic heterocycles. The van der Waals surface area contributed by atoms with E-state index < -0.39 is 0 Å². The smallest absolute Gasteiger partial charge is 0.261 e. The average molecular weight is 259 g/mol. The zero-order chi connectivity index (χ0) is 14.0. The van der Waals surface area contributed by atoms with Crippen molar-refractivity contribution in [2.24, 2.45) is 5.41 Å². The number of hydrogen-bond donors (Lipinski definition) is 0. The van der Waals surface area contributed by atoms with Gasteiger partial charge >= 0.3 is 0 Å². The van der Waals surface area contributed by atoms with Crippen LogP contribution >= 0.6 is 0 Å². The molecule has 0 saturated carbocycles. The van der Waals surface area contributed by atoms with Gasteiger partial charge in [-0.15, -0.1) is 0 Å². The van der Waals surface area contributed by atoms with Crippen molar-refractivity contribution in [3.8, 4) is 0 Å². The molecule has 2 rings (SSSR count). The maximum absolute atomic E-state index is 12.1. The molecular formula is C16H21NO2. The fourth-order valence-electron chi connectivity index (χ4n) is 2.33. The van der Waals surface area contributed by atoms with E-state index in [2.05, 4.69) is 20.8 Å². The molecule has 0 aromatic heterocycles. The summed E-state index contributed by atoms with van der Waals surface area (Å²) in [5.74, 6) is -0.287. The number of amides is 2. The van der Waals surface area contributed by atoms with Crippen molar-refractivity contribution < 1.29 is 9.59 Å². The predicted molar refractivity (Wildman–Crippen MR) is 75.1 cm³/mol. The molecule has 0 radical (unpaired) electrons. The highest BCUT2D eigenvalue weighted by Crippen LogP contribution is 2.28. The molecule has 102 valence electrons. The Hall–Kier alpha value is -1.64. The number of nitrogens with zero attached hydrogens (tertiary/aromatic N) is 1. The van der Waals surface area contributed by atoms with Gasteiger partial charge in [0.15, 0.2) is 0 Å². The summed E-state index contributed by atoms with van der Waals surface area (Å²) < 4.78 is 0. The van der Waals surface area contributed by atoms with Crippen LogP contribution in [0.1, 0.15) is 60.7 Å². The van der Waals surface area contributed by atoms with Crippen molar-refractivity contribution in [3.63, 3.8) is 0 Å². The maximum atomic E-state index is 12.1. The summed E-state index contributed by atoms with van der Waals surface area (Å²) >= 11 is 0. The number of rotatable bonds is 5. The molecule has 19 heavy (non-hydrogen) atoms. The molecule has 0 atom stereocenters. The monoisotopic (exact) mass is 259 g/mol. The first-order valence-corrected chi connectivity index (χ1v) is 6.91. The van der Waals surface area contributed by atoms with E-state index in [0.29, 0.717) is 17.7 Å². The van der Waals surface area contributed by atoms with E-state index in [9.17, 15) is 9.59 Å². The Bertz CT molecular complexity index is 470. The third kappa shape index (κ3) is 2.70. The molecule has 1 aromatic rings. The third-order valence-corrected chi connectivity index (χ3v) is 4.07. The summed E-state index contributed by atoms with van der Waals surface area (Å²) in [6.07, 6.45) is 3.00. The largest absolute Gasteiger partial charge is 0.274 e. The number of carbonyl (C=O) groups excluding carboxylic acids is 2. The van der Waals surface area contributed by atoms with Gasteiger partial charge in [-0.05, 0) is 30.4 Å². The van der Waals surface area contributed by atoms with Gasteiger partial charge < -0.3 is 0 Å². The molecule has 0 fully saturated rings. The minimum absolute atomic E-state index is 0.144. The molecule has 1 heterocycles. The van der Waals surface area contributed by atoms with Gasteiger partial charge in [-0.25, -0.2) is 0 Å². The van der Waals surface area contributed by atoms with Crippen LogP contribution in [0.25, 0.3) is 0 Å². The summed E-state index contributed by atoms with van der Waals surface area (Å²) in [6, 6.07) is 7.05. The summed E-state index contributed by atoms with van der Waals surface area (Å²) in [7, 11) is 0. The molecule has 0 bridgehead atoms. The first-order valence-electron chi connectivity index (χ1n) is 6.91. The summed E-state index contributed by atoms with van der Waals surface area (Å²) in [6.45, 7) is 7.13. The van der Waals surface area contributed by atoms with Crippen LogP contribution in [0, 0.1) is 5.41 Å². The molecule has 1 aromatic carbocycles. The average Bonchev–Trinajstić information content (AvgIpc) is 2.64. The van der Waals surface area contributed by atoms with Crippen LogP contribution in [0.5, 0.6) is 0 Å². The highest BCUT2D eigenvalue weighted by atomic mass is 16.2. The van der Waals surface area contributed by atoms with E-state index in [-0.39, 0.29) is 17.2 Å². The van der Waals surface area contributed by atoms with E-state index in [1.807, 2.05) is 0 Å². The topological polar surface area (TPSA) is 37.4 Å². The molecule has 0 N–H and O–H groups in total. The lowest BCUT2D eigenvalue weighted by molar-refractivity contribution is 0.0646. The summed E-state index contributed by atoms with van der Waals surface area (Å²) in [5.41, 5.74) is 1.36. The lowest BCUT2D eigenvalue weighted by Gasteiger charge is -2.23. The summed E-state index contributed by atoms with van der Waals surface area (Å²) in [5, 5.41) is 0. The highest BCUT2D eigenvalue weighted by molar-refractivity contribution is 6.21. The molecular weight excluding hydrogens is 238 g/mol. The Morgan fingerprint density at radius 3 is 2.05 bits per heavy atom. The predicted octanol–water partition coefficient (Wildman–Crippen LogP) is 3.50. The Labute approximate surface area is 114 Å². The number of benzene rings is 1. The van der Waals surface area contributed by atoms with Crippen LogP contribution < -0.4 is 0 Å². The van der Waals surface area contributed by atoms with Crippen LogP contribution in [0.3, 0.4) is 0 Å². The maximum Gasteiger partial charge on any atom is 0.261 e. The molecule has 2 amide bonds. The fourth-order valence-corrected chi connectivity index (χ4v) is 2.33. The number of carbonyl (C=O) groups is 2. The van der Waals surface area contributed by atoms with Crippen LogP contribution in [-0.4, -0.2) is 23.3 Å². The van der Waals surface area contributed by atoms with Gasteiger partial charge in [-0.3, -0.25) is 14.5 Å². The SMILES string of the molecule is CCC(C)(C)CCCN1C(=O)c2ccccc2C1=O. The molecule has 0 aliphatic carbocycles. The normalized spacial score (nSPS) is 15.0. The van der Waals surface area contributed by atoms with E-state index in [0.717, 1.165) is 19.3 Å². The second-order valence-electron chi connectivity index (χ2n) is 5.93. The van der Waals surface area contributed by atoms with Gasteiger partial charge in [0, 0.05) is 6.54 Å². The van der Waals surface area contributed by atoms with E-state index in [1.54, 1.807) is 24.3 Å². The van der Waals surface area contributed by atoms with Crippen LogP contribution in [0.15, 0.2) is 24.3 Å². The first-order chi connectivity index (χ1) is 8.96. The zero-order valence-corrected chi connectivity index (χ0v) is 11.9. The van der Waals surface area contributed by atoms with Gasteiger partial charge in [-0.1, -0.05) is 39.3 Å². The van der Waals surface area contributed by atoms with Crippen molar-refractivity contribution in [3.05, 3.63) is 35.4 Å². The van der Waals surface area contributed by atoms with Crippen LogP contribution in [0.4, 0.5) is 0 Å². The van der Waals surface area contributed by atoms with E-state index >= 15 is 0 Å². The number of hydrogen-bond acceptors (Lipinski definition) is 2. The van der Waals surface area contributed by atoms with Crippen LogP contribution in [0.2, 0.25) is 0 Å². The molecule has 1 aliphatic rings. The number of fused-ring (bicyclic) bond motifs is 1.